The first-order valence-corrected chi connectivity index (χ1v) is 12.7. The summed E-state index contributed by atoms with van der Waals surface area (Å²) >= 11 is 0. The molecule has 6 heteroatoms. The van der Waals surface area contributed by atoms with E-state index in [0.29, 0.717) is 37.6 Å². The predicted molar refractivity (Wildman–Crippen MR) is 146 cm³/mol. The zero-order valence-corrected chi connectivity index (χ0v) is 21.0. The van der Waals surface area contributed by atoms with Gasteiger partial charge in [-0.3, -0.25) is 4.79 Å². The largest absolute Gasteiger partial charge is 0.494 e. The third-order valence-electron chi connectivity index (χ3n) is 6.36. The van der Waals surface area contributed by atoms with Gasteiger partial charge >= 0.3 is 0 Å². The van der Waals surface area contributed by atoms with Gasteiger partial charge in [0.1, 0.15) is 5.75 Å². The van der Waals surface area contributed by atoms with E-state index in [-0.39, 0.29) is 12.5 Å². The monoisotopic (exact) mass is 498 g/mol. The highest BCUT2D eigenvalue weighted by Crippen LogP contribution is 2.42. The van der Waals surface area contributed by atoms with E-state index in [4.69, 9.17) is 19.6 Å². The fraction of sp³-hybridized carbons (Fsp3) is 0.290. The van der Waals surface area contributed by atoms with Gasteiger partial charge < -0.3 is 19.9 Å². The fourth-order valence-electron chi connectivity index (χ4n) is 4.46. The third kappa shape index (κ3) is 6.46. The Morgan fingerprint density at radius 3 is 2.41 bits per heavy atom. The minimum Gasteiger partial charge on any atom is -0.494 e. The number of amides is 1. The van der Waals surface area contributed by atoms with Gasteiger partial charge in [-0.25, -0.2) is 4.99 Å². The summed E-state index contributed by atoms with van der Waals surface area (Å²) in [6, 6.07) is 27.4. The molecule has 0 aromatic heterocycles. The number of nitrogens with one attached hydrogen (secondary N) is 1. The number of hydrogen-bond acceptors (Lipinski definition) is 5. The Kier molecular flexibility index (Phi) is 9.11. The molecule has 192 valence electrons. The molecule has 0 saturated carbocycles. The minimum atomic E-state index is -1.17. The summed E-state index contributed by atoms with van der Waals surface area (Å²) in [5.41, 5.74) is 1.72. The molecule has 0 unspecified atom stereocenters. The Labute approximate surface area is 218 Å². The lowest BCUT2D eigenvalue weighted by Gasteiger charge is -2.29. The summed E-state index contributed by atoms with van der Waals surface area (Å²) in [7, 11) is 0. The molecule has 1 heterocycles. The first kappa shape index (κ1) is 26.2. The fourth-order valence-corrected chi connectivity index (χ4v) is 4.46. The van der Waals surface area contributed by atoms with Crippen molar-refractivity contribution in [1.82, 2.24) is 5.32 Å². The predicted octanol–water partition coefficient (Wildman–Crippen LogP) is 5.03. The number of carbonyl (C=O) groups excluding carboxylic acids is 1. The van der Waals surface area contributed by atoms with Gasteiger partial charge in [-0.1, -0.05) is 66.7 Å². The smallest absolute Gasteiger partial charge is 0.252 e. The van der Waals surface area contributed by atoms with Gasteiger partial charge in [0.25, 0.3) is 5.91 Å². The first-order valence-electron chi connectivity index (χ1n) is 12.7. The Bertz CT molecular complexity index is 1180. The van der Waals surface area contributed by atoms with Crippen LogP contribution in [0.1, 0.15) is 42.1 Å². The van der Waals surface area contributed by atoms with Crippen molar-refractivity contribution in [3.8, 4) is 5.75 Å². The second-order valence-corrected chi connectivity index (χ2v) is 9.04. The topological polar surface area (TPSA) is 80.2 Å². The highest BCUT2D eigenvalue weighted by Gasteiger charge is 2.52. The van der Waals surface area contributed by atoms with Crippen molar-refractivity contribution in [1.29, 1.82) is 0 Å². The number of hydrogen-bond donors (Lipinski definition) is 2. The molecule has 4 rings (SSSR count). The summed E-state index contributed by atoms with van der Waals surface area (Å²) in [6.45, 7) is 4.99. The quantitative estimate of drug-likeness (QED) is 0.256. The van der Waals surface area contributed by atoms with Crippen molar-refractivity contribution in [2.24, 2.45) is 4.99 Å². The number of aryl methyl sites for hydroxylation is 1. The lowest BCUT2D eigenvalue weighted by molar-refractivity contribution is -0.128. The SMILES string of the molecule is C=CC[C@@]1(C(=O)NCCCc2ccccc2)N=C(c2ccc(OCCCO)cc2)O[C@@H]1c1ccccc1. The Morgan fingerprint density at radius 2 is 1.73 bits per heavy atom. The molecule has 0 fully saturated rings. The van der Waals surface area contributed by atoms with Gasteiger partial charge in [-0.2, -0.15) is 0 Å². The third-order valence-corrected chi connectivity index (χ3v) is 6.36. The van der Waals surface area contributed by atoms with E-state index in [9.17, 15) is 4.79 Å². The average Bonchev–Trinajstić information content (AvgIpc) is 3.33. The molecule has 0 radical (unpaired) electrons. The van der Waals surface area contributed by atoms with E-state index in [1.807, 2.05) is 72.8 Å². The van der Waals surface area contributed by atoms with Crippen molar-refractivity contribution in [3.63, 3.8) is 0 Å². The van der Waals surface area contributed by atoms with Crippen LogP contribution in [0.25, 0.3) is 0 Å². The zero-order valence-electron chi connectivity index (χ0n) is 21.0. The maximum absolute atomic E-state index is 13.7. The van der Waals surface area contributed by atoms with Crippen molar-refractivity contribution >= 4 is 11.8 Å². The van der Waals surface area contributed by atoms with E-state index in [0.717, 1.165) is 24.0 Å². The Hall–Kier alpha value is -3.90. The number of rotatable bonds is 13. The molecule has 0 spiro atoms. The summed E-state index contributed by atoms with van der Waals surface area (Å²) in [5, 5.41) is 12.1. The van der Waals surface area contributed by atoms with Gasteiger partial charge in [-0.05, 0) is 48.2 Å². The van der Waals surface area contributed by atoms with Gasteiger partial charge in [0.2, 0.25) is 5.90 Å². The van der Waals surface area contributed by atoms with Crippen LogP contribution in [0.3, 0.4) is 0 Å². The highest BCUT2D eigenvalue weighted by atomic mass is 16.5. The zero-order chi connectivity index (χ0) is 25.9. The van der Waals surface area contributed by atoms with Crippen molar-refractivity contribution in [2.45, 2.75) is 37.3 Å². The molecule has 0 saturated heterocycles. The van der Waals surface area contributed by atoms with Crippen LogP contribution in [0.2, 0.25) is 0 Å². The first-order chi connectivity index (χ1) is 18.2. The minimum absolute atomic E-state index is 0.0866. The molecule has 0 aliphatic carbocycles. The Morgan fingerprint density at radius 1 is 1.03 bits per heavy atom. The second kappa shape index (κ2) is 12.9. The number of benzene rings is 3. The molecule has 6 nitrogen and oxygen atoms in total. The van der Waals surface area contributed by atoms with Crippen LogP contribution in [0.4, 0.5) is 0 Å². The van der Waals surface area contributed by atoms with Crippen molar-refractivity contribution in [2.75, 3.05) is 19.8 Å². The van der Waals surface area contributed by atoms with Crippen LogP contribution in [-0.2, 0) is 16.0 Å². The standard InChI is InChI=1S/C31H34N2O4/c1-2-20-31(30(35)32-21-9-13-24-11-5-3-6-12-24)28(25-14-7-4-8-15-25)37-29(33-31)26-16-18-27(19-17-26)36-23-10-22-34/h2-8,11-12,14-19,28,34H,1,9-10,13,20-23H2,(H,32,35)/t28-,31-/m1/s1. The van der Waals surface area contributed by atoms with Crippen LogP contribution in [0, 0.1) is 0 Å². The molecule has 1 aliphatic heterocycles. The highest BCUT2D eigenvalue weighted by molar-refractivity contribution is 6.01. The molecule has 1 amide bonds. The van der Waals surface area contributed by atoms with E-state index in [1.165, 1.54) is 5.56 Å². The number of aliphatic hydroxyl groups excluding tert-OH is 1. The van der Waals surface area contributed by atoms with Crippen molar-refractivity contribution in [3.05, 3.63) is 114 Å². The van der Waals surface area contributed by atoms with Gasteiger partial charge in [0, 0.05) is 31.6 Å². The van der Waals surface area contributed by atoms with Crippen LogP contribution in [-0.4, -0.2) is 42.2 Å². The van der Waals surface area contributed by atoms with E-state index >= 15 is 0 Å². The van der Waals surface area contributed by atoms with Crippen LogP contribution < -0.4 is 10.1 Å². The molecule has 1 aliphatic rings. The number of ether oxygens (including phenoxy) is 2. The summed E-state index contributed by atoms with van der Waals surface area (Å²) in [6.07, 6.45) is 3.76. The lowest BCUT2D eigenvalue weighted by Crippen LogP contribution is -2.48. The van der Waals surface area contributed by atoms with Crippen molar-refractivity contribution < 1.29 is 19.4 Å². The molecule has 37 heavy (non-hydrogen) atoms. The molecule has 2 N–H and O–H groups in total. The van der Waals surface area contributed by atoms with Gasteiger partial charge in [0.15, 0.2) is 11.6 Å². The summed E-state index contributed by atoms with van der Waals surface area (Å²) < 4.78 is 12.0. The van der Waals surface area contributed by atoms with E-state index < -0.39 is 11.6 Å². The normalized spacial score (nSPS) is 18.5. The van der Waals surface area contributed by atoms with Gasteiger partial charge in [0.05, 0.1) is 6.61 Å². The van der Waals surface area contributed by atoms with E-state index in [2.05, 4.69) is 24.0 Å². The van der Waals surface area contributed by atoms with Crippen LogP contribution >= 0.6 is 0 Å². The summed E-state index contributed by atoms with van der Waals surface area (Å²) in [5.74, 6) is 0.939. The summed E-state index contributed by atoms with van der Waals surface area (Å²) in [4.78, 5) is 18.7. The Balaban J connectivity index is 1.55. The number of nitrogens with zero attached hydrogens (tertiary/aromatic N) is 1. The number of carbonyl (C=O) groups is 1. The maximum Gasteiger partial charge on any atom is 0.252 e. The molecular weight excluding hydrogens is 464 g/mol. The van der Waals surface area contributed by atoms with Crippen LogP contribution in [0.5, 0.6) is 5.75 Å². The maximum atomic E-state index is 13.7. The van der Waals surface area contributed by atoms with Crippen LogP contribution in [0.15, 0.2) is 103 Å². The molecule has 0 bridgehead atoms. The average molecular weight is 499 g/mol. The lowest BCUT2D eigenvalue weighted by atomic mass is 9.84. The molecule has 3 aromatic carbocycles. The number of aliphatic imine (C=N–C) groups is 1. The molecular formula is C31H34N2O4. The second-order valence-electron chi connectivity index (χ2n) is 9.04. The van der Waals surface area contributed by atoms with Gasteiger partial charge in [-0.15, -0.1) is 6.58 Å². The molecule has 2 atom stereocenters. The molecule has 3 aromatic rings. The van der Waals surface area contributed by atoms with E-state index in [1.54, 1.807) is 6.08 Å². The number of aliphatic hydroxyl groups is 1.